The second-order valence-corrected chi connectivity index (χ2v) is 8.39. The molecule has 0 atom stereocenters. The van der Waals surface area contributed by atoms with Gasteiger partial charge in [-0.3, -0.25) is 19.7 Å². The van der Waals surface area contributed by atoms with Crippen LogP contribution >= 0.6 is 11.6 Å². The van der Waals surface area contributed by atoms with E-state index in [1.54, 1.807) is 24.3 Å². The smallest absolute Gasteiger partial charge is 0.368 e. The number of hydrogen-bond acceptors (Lipinski definition) is 5. The molecule has 1 saturated heterocycles. The molecule has 1 aliphatic heterocycles. The van der Waals surface area contributed by atoms with Gasteiger partial charge in [-0.2, -0.15) is 35.8 Å². The van der Waals surface area contributed by atoms with Crippen molar-refractivity contribution in [1.29, 1.82) is 0 Å². The Morgan fingerprint density at radius 2 is 1.60 bits per heavy atom. The summed E-state index contributed by atoms with van der Waals surface area (Å²) in [5.74, 6) is -12.9. The minimum atomic E-state index is -6.58. The van der Waals surface area contributed by atoms with Gasteiger partial charge >= 0.3 is 18.0 Å². The van der Waals surface area contributed by atoms with Crippen molar-refractivity contribution in [3.05, 3.63) is 40.7 Å². The summed E-state index contributed by atoms with van der Waals surface area (Å²) >= 11 is 5.87. The first-order valence-electron chi connectivity index (χ1n) is 10.2. The monoisotopic (exact) mass is 531 g/mol. The molecule has 3 rings (SSSR count). The molecule has 0 unspecified atom stereocenters. The highest BCUT2D eigenvalue weighted by Gasteiger charge is 2.75. The first-order chi connectivity index (χ1) is 16.1. The third kappa shape index (κ3) is 4.99. The normalized spacial score (nSPS) is 15.5. The third-order valence-electron chi connectivity index (χ3n) is 5.66. The summed E-state index contributed by atoms with van der Waals surface area (Å²) in [5, 5.41) is 13.4. The number of alkyl halides is 7. The molecular formula is C20H21ClF7N5O2. The Morgan fingerprint density at radius 1 is 1.06 bits per heavy atom. The third-order valence-corrected chi connectivity index (χ3v) is 5.91. The molecular weight excluding hydrogens is 511 g/mol. The first-order valence-corrected chi connectivity index (χ1v) is 10.6. The Labute approximate surface area is 200 Å². The van der Waals surface area contributed by atoms with Crippen molar-refractivity contribution in [2.75, 3.05) is 43.2 Å². The van der Waals surface area contributed by atoms with E-state index in [-0.39, 0.29) is 18.2 Å². The lowest BCUT2D eigenvalue weighted by Crippen LogP contribution is -2.50. The number of hydrogen-bond donors (Lipinski definition) is 1. The number of benzene rings is 1. The van der Waals surface area contributed by atoms with Gasteiger partial charge in [0.05, 0.1) is 5.69 Å². The molecule has 0 saturated carbocycles. The van der Waals surface area contributed by atoms with Gasteiger partial charge < -0.3 is 9.80 Å². The van der Waals surface area contributed by atoms with Gasteiger partial charge in [0.2, 0.25) is 5.91 Å². The fourth-order valence-corrected chi connectivity index (χ4v) is 3.84. The number of rotatable bonds is 6. The van der Waals surface area contributed by atoms with E-state index in [0.717, 1.165) is 19.7 Å². The molecule has 1 aromatic carbocycles. The molecule has 0 spiro atoms. The molecule has 0 aliphatic carbocycles. The van der Waals surface area contributed by atoms with E-state index in [1.807, 2.05) is 4.90 Å². The number of aromatic nitrogens is 2. The van der Waals surface area contributed by atoms with E-state index < -0.39 is 47.5 Å². The van der Waals surface area contributed by atoms with Crippen molar-refractivity contribution >= 4 is 28.9 Å². The molecule has 2 heterocycles. The minimum Gasteiger partial charge on any atom is -0.368 e. The average molecular weight is 532 g/mol. The standard InChI is InChI=1S/C20H21ClF7N5O2/c1-12-16(30(2)35)17(18(22,23)19(24,25)20(26,27)28)29-33(12)11-15(34)32-9-7-31(8-10-32)14-5-3-13(21)4-6-14/h3-6,35H,7-11H2,1-2H3. The van der Waals surface area contributed by atoms with Gasteiger partial charge in [0.25, 0.3) is 0 Å². The predicted molar refractivity (Wildman–Crippen MR) is 112 cm³/mol. The number of piperazine rings is 1. The van der Waals surface area contributed by atoms with Crippen LogP contribution in [0.3, 0.4) is 0 Å². The summed E-state index contributed by atoms with van der Waals surface area (Å²) < 4.78 is 94.6. The van der Waals surface area contributed by atoms with E-state index in [2.05, 4.69) is 5.10 Å². The van der Waals surface area contributed by atoms with Gasteiger partial charge in [-0.05, 0) is 31.2 Å². The van der Waals surface area contributed by atoms with E-state index in [0.29, 0.717) is 22.8 Å². The largest absolute Gasteiger partial charge is 0.460 e. The summed E-state index contributed by atoms with van der Waals surface area (Å²) in [6.45, 7) is 1.69. The number of hydroxylamine groups is 1. The van der Waals surface area contributed by atoms with Crippen molar-refractivity contribution in [3.8, 4) is 0 Å². The number of amides is 1. The maximum absolute atomic E-state index is 14.4. The maximum atomic E-state index is 14.4. The van der Waals surface area contributed by atoms with Crippen LogP contribution in [0, 0.1) is 6.92 Å². The minimum absolute atomic E-state index is 0.0378. The number of nitrogens with zero attached hydrogens (tertiary/aromatic N) is 5. The molecule has 1 aliphatic rings. The molecule has 15 heteroatoms. The highest BCUT2D eigenvalue weighted by atomic mass is 35.5. The molecule has 0 radical (unpaired) electrons. The van der Waals surface area contributed by atoms with Crippen LogP contribution in [0.1, 0.15) is 11.4 Å². The highest BCUT2D eigenvalue weighted by Crippen LogP contribution is 2.53. The van der Waals surface area contributed by atoms with E-state index >= 15 is 0 Å². The van der Waals surface area contributed by atoms with Crippen LogP contribution in [0.4, 0.5) is 42.1 Å². The van der Waals surface area contributed by atoms with Gasteiger partial charge in [0, 0.05) is 43.9 Å². The van der Waals surface area contributed by atoms with Gasteiger partial charge in [-0.1, -0.05) is 11.6 Å². The lowest BCUT2D eigenvalue weighted by Gasteiger charge is -2.36. The fraction of sp³-hybridized carbons (Fsp3) is 0.500. The van der Waals surface area contributed by atoms with Crippen LogP contribution in [0.25, 0.3) is 0 Å². The lowest BCUT2D eigenvalue weighted by atomic mass is 10.1. The zero-order chi connectivity index (χ0) is 26.3. The summed E-state index contributed by atoms with van der Waals surface area (Å²) in [7, 11) is 0.761. The molecule has 1 fully saturated rings. The van der Waals surface area contributed by atoms with Crippen LogP contribution in [-0.4, -0.2) is 71.1 Å². The average Bonchev–Trinajstić information content (AvgIpc) is 3.10. The van der Waals surface area contributed by atoms with Crippen molar-refractivity contribution in [2.24, 2.45) is 0 Å². The second-order valence-electron chi connectivity index (χ2n) is 7.95. The van der Waals surface area contributed by atoms with Crippen LogP contribution in [-0.2, 0) is 17.3 Å². The van der Waals surface area contributed by atoms with Gasteiger partial charge in [-0.15, -0.1) is 0 Å². The van der Waals surface area contributed by atoms with Crippen LogP contribution < -0.4 is 9.96 Å². The molecule has 7 nitrogen and oxygen atoms in total. The van der Waals surface area contributed by atoms with Crippen molar-refractivity contribution in [1.82, 2.24) is 14.7 Å². The molecule has 1 aromatic heterocycles. The summed E-state index contributed by atoms with van der Waals surface area (Å²) in [4.78, 5) is 16.1. The van der Waals surface area contributed by atoms with Crippen molar-refractivity contribution in [2.45, 2.75) is 31.5 Å². The fourth-order valence-electron chi connectivity index (χ4n) is 3.71. The number of halogens is 8. The summed E-state index contributed by atoms with van der Waals surface area (Å²) in [6, 6.07) is 7.03. The Morgan fingerprint density at radius 3 is 2.09 bits per heavy atom. The molecule has 35 heavy (non-hydrogen) atoms. The van der Waals surface area contributed by atoms with Gasteiger partial charge in [-0.25, -0.2) is 0 Å². The zero-order valence-corrected chi connectivity index (χ0v) is 19.2. The highest BCUT2D eigenvalue weighted by molar-refractivity contribution is 6.30. The predicted octanol–water partition coefficient (Wildman–Crippen LogP) is 4.31. The van der Waals surface area contributed by atoms with Crippen molar-refractivity contribution < 1.29 is 40.7 Å². The van der Waals surface area contributed by atoms with Gasteiger partial charge in [0.1, 0.15) is 12.2 Å². The topological polar surface area (TPSA) is 64.8 Å². The van der Waals surface area contributed by atoms with E-state index in [4.69, 9.17) is 11.6 Å². The summed E-state index contributed by atoms with van der Waals surface area (Å²) in [6.07, 6.45) is -6.58. The van der Waals surface area contributed by atoms with Crippen LogP contribution in [0.5, 0.6) is 0 Å². The zero-order valence-electron chi connectivity index (χ0n) is 18.5. The maximum Gasteiger partial charge on any atom is 0.460 e. The number of carbonyl (C=O) groups is 1. The van der Waals surface area contributed by atoms with Crippen LogP contribution in [0.15, 0.2) is 24.3 Å². The molecule has 194 valence electrons. The quantitative estimate of drug-likeness (QED) is 0.445. The molecule has 1 N–H and O–H groups in total. The van der Waals surface area contributed by atoms with Gasteiger partial charge in [0.15, 0.2) is 5.69 Å². The Hall–Kier alpha value is -2.74. The SMILES string of the molecule is Cc1c(N(C)O)c(C(F)(F)C(F)(F)C(F)(F)F)nn1CC(=O)N1CCN(c2ccc(Cl)cc2)CC1. The van der Waals surface area contributed by atoms with Crippen LogP contribution in [0.2, 0.25) is 5.02 Å². The second kappa shape index (κ2) is 9.37. The number of anilines is 2. The van der Waals surface area contributed by atoms with E-state index in [9.17, 15) is 40.7 Å². The Kier molecular flexibility index (Phi) is 7.19. The molecule has 0 bridgehead atoms. The molecule has 2 aromatic rings. The lowest BCUT2D eigenvalue weighted by molar-refractivity contribution is -0.360. The number of carbonyl (C=O) groups excluding carboxylic acids is 1. The molecule has 1 amide bonds. The Balaban J connectivity index is 1.80. The first kappa shape index (κ1) is 26.9. The van der Waals surface area contributed by atoms with E-state index in [1.165, 1.54) is 4.90 Å². The van der Waals surface area contributed by atoms with Crippen molar-refractivity contribution in [3.63, 3.8) is 0 Å². The Bertz CT molecular complexity index is 1070. The summed E-state index contributed by atoms with van der Waals surface area (Å²) in [5.41, 5.74) is -2.57.